The van der Waals surface area contributed by atoms with Gasteiger partial charge in [-0.25, -0.2) is 14.4 Å². The van der Waals surface area contributed by atoms with Gasteiger partial charge in [0, 0.05) is 31.8 Å². The van der Waals surface area contributed by atoms with Gasteiger partial charge in [-0.05, 0) is 22.3 Å². The molecule has 2 aromatic rings. The van der Waals surface area contributed by atoms with Gasteiger partial charge in [0.15, 0.2) is 0 Å². The predicted molar refractivity (Wildman–Crippen MR) is 137 cm³/mol. The molecular weight excluding hydrogens is 508 g/mol. The van der Waals surface area contributed by atoms with Crippen molar-refractivity contribution in [2.24, 2.45) is 0 Å². The SMILES string of the molecule is C=CCOC(=O)NC[C@@H](CNC(=O)ON1C(=O)CCC1=O)NC(=O)OCC1c2ccccc2-c2ccccc21. The molecule has 0 unspecified atom stereocenters. The highest BCUT2D eigenvalue weighted by Crippen LogP contribution is 2.44. The van der Waals surface area contributed by atoms with Crippen LogP contribution in [0.4, 0.5) is 14.4 Å². The number of nitrogens with zero attached hydrogens (tertiary/aromatic N) is 1. The summed E-state index contributed by atoms with van der Waals surface area (Å²) in [4.78, 5) is 64.8. The van der Waals surface area contributed by atoms with Crippen LogP contribution in [0, 0.1) is 0 Å². The van der Waals surface area contributed by atoms with Crippen LogP contribution in [0.2, 0.25) is 0 Å². The molecule has 0 radical (unpaired) electrons. The fourth-order valence-corrected chi connectivity index (χ4v) is 4.35. The molecule has 1 aliphatic carbocycles. The average Bonchev–Trinajstić information content (AvgIpc) is 3.43. The number of hydrogen-bond donors (Lipinski definition) is 3. The zero-order chi connectivity index (χ0) is 27.8. The van der Waals surface area contributed by atoms with Crippen molar-refractivity contribution in [3.8, 4) is 11.1 Å². The largest absolute Gasteiger partial charge is 0.449 e. The molecule has 0 aromatic heterocycles. The number of imide groups is 1. The molecule has 3 N–H and O–H groups in total. The second kappa shape index (κ2) is 12.6. The van der Waals surface area contributed by atoms with E-state index in [1.165, 1.54) is 6.08 Å². The number of hydroxylamine groups is 2. The summed E-state index contributed by atoms with van der Waals surface area (Å²) >= 11 is 0. The summed E-state index contributed by atoms with van der Waals surface area (Å²) < 4.78 is 10.4. The fraction of sp³-hybridized carbons (Fsp3) is 0.296. The molecule has 0 bridgehead atoms. The van der Waals surface area contributed by atoms with E-state index in [1.54, 1.807) is 0 Å². The van der Waals surface area contributed by atoms with E-state index in [0.29, 0.717) is 5.06 Å². The molecule has 5 amide bonds. The number of fused-ring (bicyclic) bond motifs is 3. The first kappa shape index (κ1) is 27.2. The summed E-state index contributed by atoms with van der Waals surface area (Å²) in [7, 11) is 0. The van der Waals surface area contributed by atoms with Gasteiger partial charge in [-0.3, -0.25) is 9.59 Å². The Labute approximate surface area is 224 Å². The highest BCUT2D eigenvalue weighted by molar-refractivity contribution is 6.01. The van der Waals surface area contributed by atoms with Crippen LogP contribution in [0.15, 0.2) is 61.2 Å². The van der Waals surface area contributed by atoms with Gasteiger partial charge in [0.05, 0.1) is 6.04 Å². The number of amides is 5. The summed E-state index contributed by atoms with van der Waals surface area (Å²) in [5.41, 5.74) is 4.26. The number of carbonyl (C=O) groups is 5. The highest BCUT2D eigenvalue weighted by Gasteiger charge is 2.33. The van der Waals surface area contributed by atoms with Crippen molar-refractivity contribution in [3.05, 3.63) is 72.3 Å². The van der Waals surface area contributed by atoms with Gasteiger partial charge in [-0.15, -0.1) is 5.06 Å². The van der Waals surface area contributed by atoms with Crippen LogP contribution in [0.25, 0.3) is 11.1 Å². The van der Waals surface area contributed by atoms with Gasteiger partial charge in [0.1, 0.15) is 13.2 Å². The summed E-state index contributed by atoms with van der Waals surface area (Å²) in [5.74, 6) is -1.41. The predicted octanol–water partition coefficient (Wildman–Crippen LogP) is 2.60. The second-order valence-electron chi connectivity index (χ2n) is 8.78. The van der Waals surface area contributed by atoms with Gasteiger partial charge in [0.25, 0.3) is 11.8 Å². The molecule has 0 saturated carbocycles. The lowest BCUT2D eigenvalue weighted by atomic mass is 9.98. The zero-order valence-corrected chi connectivity index (χ0v) is 21.0. The summed E-state index contributed by atoms with van der Waals surface area (Å²) in [6, 6.07) is 15.0. The maximum atomic E-state index is 12.7. The maximum Gasteiger partial charge on any atom is 0.432 e. The Bertz CT molecular complexity index is 1220. The maximum absolute atomic E-state index is 12.7. The Morgan fingerprint density at radius 3 is 2.03 bits per heavy atom. The van der Waals surface area contributed by atoms with E-state index in [4.69, 9.17) is 14.3 Å². The quantitative estimate of drug-likeness (QED) is 0.310. The van der Waals surface area contributed by atoms with Gasteiger partial charge in [-0.2, -0.15) is 0 Å². The third kappa shape index (κ3) is 6.72. The van der Waals surface area contributed by atoms with Crippen LogP contribution < -0.4 is 16.0 Å². The number of nitrogens with one attached hydrogen (secondary N) is 3. The molecule has 12 nitrogen and oxygen atoms in total. The third-order valence-electron chi connectivity index (χ3n) is 6.16. The van der Waals surface area contributed by atoms with E-state index < -0.39 is 36.1 Å². The average molecular weight is 537 g/mol. The number of rotatable bonds is 10. The monoisotopic (exact) mass is 536 g/mol. The Balaban J connectivity index is 1.34. The first-order valence-corrected chi connectivity index (χ1v) is 12.3. The van der Waals surface area contributed by atoms with Crippen molar-refractivity contribution in [1.29, 1.82) is 0 Å². The lowest BCUT2D eigenvalue weighted by molar-refractivity contribution is -0.171. The standard InChI is InChI=1S/C27H28N4O8/c1-2-13-37-25(34)28-14-17(15-29-26(35)39-31-23(32)11-12-24(31)33)30-27(36)38-16-22-20-9-5-3-7-18(20)19-8-4-6-10-21(19)22/h2-10,17,22H,1,11-16H2,(H,28,34)(H,29,35)(H,30,36)/t17-/m0/s1. The van der Waals surface area contributed by atoms with Crippen LogP contribution in [0.3, 0.4) is 0 Å². The molecule has 4 rings (SSSR count). The van der Waals surface area contributed by atoms with Crippen LogP contribution in [-0.4, -0.2) is 67.5 Å². The van der Waals surface area contributed by atoms with Crippen LogP contribution >= 0.6 is 0 Å². The van der Waals surface area contributed by atoms with E-state index in [1.807, 2.05) is 48.5 Å². The zero-order valence-electron chi connectivity index (χ0n) is 21.0. The molecule has 39 heavy (non-hydrogen) atoms. The minimum Gasteiger partial charge on any atom is -0.449 e. The third-order valence-corrected chi connectivity index (χ3v) is 6.16. The topological polar surface area (TPSA) is 152 Å². The highest BCUT2D eigenvalue weighted by atomic mass is 16.7. The van der Waals surface area contributed by atoms with E-state index in [9.17, 15) is 24.0 Å². The second-order valence-corrected chi connectivity index (χ2v) is 8.78. The fourth-order valence-electron chi connectivity index (χ4n) is 4.35. The van der Waals surface area contributed by atoms with Crippen molar-refractivity contribution in [2.45, 2.75) is 24.8 Å². The number of benzene rings is 2. The molecule has 1 aliphatic heterocycles. The number of alkyl carbamates (subject to hydrolysis) is 2. The number of ether oxygens (including phenoxy) is 2. The molecule has 2 aliphatic rings. The molecule has 204 valence electrons. The van der Waals surface area contributed by atoms with E-state index in [-0.39, 0.29) is 45.1 Å². The van der Waals surface area contributed by atoms with E-state index in [2.05, 4.69) is 22.5 Å². The molecule has 12 heteroatoms. The smallest absolute Gasteiger partial charge is 0.432 e. The van der Waals surface area contributed by atoms with Crippen molar-refractivity contribution in [2.75, 3.05) is 26.3 Å². The summed E-state index contributed by atoms with van der Waals surface area (Å²) in [6.07, 6.45) is -1.31. The molecule has 1 fully saturated rings. The molecule has 1 atom stereocenters. The Hall–Kier alpha value is -4.87. The first-order valence-electron chi connectivity index (χ1n) is 12.3. The van der Waals surface area contributed by atoms with Crippen LogP contribution in [0.1, 0.15) is 29.9 Å². The minimum absolute atomic E-state index is 0.0151. The van der Waals surface area contributed by atoms with Crippen molar-refractivity contribution in [3.63, 3.8) is 0 Å². The van der Waals surface area contributed by atoms with Gasteiger partial charge in [-0.1, -0.05) is 61.2 Å². The summed E-state index contributed by atoms with van der Waals surface area (Å²) in [5, 5.41) is 7.82. The van der Waals surface area contributed by atoms with Crippen molar-refractivity contribution >= 4 is 30.1 Å². The Kier molecular flexibility index (Phi) is 8.77. The lowest BCUT2D eigenvalue weighted by Gasteiger charge is -2.21. The lowest BCUT2D eigenvalue weighted by Crippen LogP contribution is -2.51. The number of carbonyl (C=O) groups excluding carboxylic acids is 5. The normalized spacial score (nSPS) is 14.6. The minimum atomic E-state index is -1.08. The Morgan fingerprint density at radius 1 is 0.872 bits per heavy atom. The van der Waals surface area contributed by atoms with Crippen molar-refractivity contribution < 1.29 is 38.3 Å². The van der Waals surface area contributed by atoms with Gasteiger partial charge < -0.3 is 30.3 Å². The molecular formula is C27H28N4O8. The number of hydrogen-bond acceptors (Lipinski definition) is 8. The van der Waals surface area contributed by atoms with E-state index in [0.717, 1.165) is 22.3 Å². The Morgan fingerprint density at radius 2 is 1.44 bits per heavy atom. The molecule has 1 saturated heterocycles. The molecule has 1 heterocycles. The molecule has 2 aromatic carbocycles. The van der Waals surface area contributed by atoms with Crippen LogP contribution in [-0.2, 0) is 23.9 Å². The van der Waals surface area contributed by atoms with Crippen LogP contribution in [0.5, 0.6) is 0 Å². The van der Waals surface area contributed by atoms with Crippen molar-refractivity contribution in [1.82, 2.24) is 21.0 Å². The van der Waals surface area contributed by atoms with E-state index >= 15 is 0 Å². The molecule has 0 spiro atoms. The first-order chi connectivity index (χ1) is 18.9. The van der Waals surface area contributed by atoms with Gasteiger partial charge in [0.2, 0.25) is 0 Å². The summed E-state index contributed by atoms with van der Waals surface area (Å²) in [6.45, 7) is 3.15. The van der Waals surface area contributed by atoms with Gasteiger partial charge >= 0.3 is 18.3 Å².